The van der Waals surface area contributed by atoms with E-state index < -0.39 is 11.8 Å². The predicted molar refractivity (Wildman–Crippen MR) is 98.7 cm³/mol. The lowest BCUT2D eigenvalue weighted by atomic mass is 10.1. The van der Waals surface area contributed by atoms with Gasteiger partial charge in [-0.1, -0.05) is 12.1 Å². The second-order valence-electron chi connectivity index (χ2n) is 6.32. The van der Waals surface area contributed by atoms with Crippen molar-refractivity contribution in [1.29, 1.82) is 0 Å². The van der Waals surface area contributed by atoms with E-state index in [1.807, 2.05) is 0 Å². The van der Waals surface area contributed by atoms with Gasteiger partial charge in [0.05, 0.1) is 6.61 Å². The average molecular weight is 347 g/mol. The van der Waals surface area contributed by atoms with Gasteiger partial charge in [-0.2, -0.15) is 0 Å². The number of carbonyl (C=O) groups is 2. The van der Waals surface area contributed by atoms with Gasteiger partial charge in [-0.15, -0.1) is 0 Å². The van der Waals surface area contributed by atoms with Crippen LogP contribution in [-0.4, -0.2) is 51.7 Å². The number of benzene rings is 1. The lowest BCUT2D eigenvalue weighted by molar-refractivity contribution is -0.139. The number of hydrogen-bond donors (Lipinski definition) is 2. The summed E-state index contributed by atoms with van der Waals surface area (Å²) in [5.41, 5.74) is 2.55. The normalized spacial score (nSPS) is 14.2. The first-order chi connectivity index (χ1) is 12.2. The molecule has 0 atom stereocenters. The Hall–Kier alpha value is -2.08. The fraction of sp³-hybridized carbons (Fsp3) is 0.579. The molecule has 0 spiro atoms. The largest absolute Gasteiger partial charge is 0.383 e. The first-order valence-corrected chi connectivity index (χ1v) is 9.09. The van der Waals surface area contributed by atoms with Gasteiger partial charge >= 0.3 is 11.8 Å². The lowest BCUT2D eigenvalue weighted by Crippen LogP contribution is -2.41. The third-order valence-corrected chi connectivity index (χ3v) is 4.38. The van der Waals surface area contributed by atoms with Crippen LogP contribution < -0.4 is 15.5 Å². The Balaban J connectivity index is 1.64. The number of piperidine rings is 1. The van der Waals surface area contributed by atoms with E-state index in [9.17, 15) is 9.59 Å². The zero-order valence-electron chi connectivity index (χ0n) is 15.1. The highest BCUT2D eigenvalue weighted by molar-refractivity contribution is 6.35. The first kappa shape index (κ1) is 19.2. The number of methoxy groups -OCH3 is 1. The van der Waals surface area contributed by atoms with Gasteiger partial charge in [0.2, 0.25) is 0 Å². The number of amides is 2. The van der Waals surface area contributed by atoms with E-state index in [1.54, 1.807) is 7.11 Å². The van der Waals surface area contributed by atoms with Crippen LogP contribution >= 0.6 is 0 Å². The van der Waals surface area contributed by atoms with E-state index in [0.29, 0.717) is 19.7 Å². The Labute approximate surface area is 149 Å². The number of ether oxygens (including phenoxy) is 1. The van der Waals surface area contributed by atoms with Gasteiger partial charge in [0, 0.05) is 39.0 Å². The van der Waals surface area contributed by atoms with E-state index in [1.165, 1.54) is 30.5 Å². The van der Waals surface area contributed by atoms with Gasteiger partial charge < -0.3 is 20.3 Å². The molecular formula is C19H29N3O3. The van der Waals surface area contributed by atoms with Gasteiger partial charge in [-0.3, -0.25) is 9.59 Å². The van der Waals surface area contributed by atoms with Crippen molar-refractivity contribution < 1.29 is 14.3 Å². The second kappa shape index (κ2) is 10.7. The molecular weight excluding hydrogens is 318 g/mol. The van der Waals surface area contributed by atoms with E-state index in [-0.39, 0.29) is 0 Å². The average Bonchev–Trinajstić information content (AvgIpc) is 2.66. The molecule has 6 nitrogen and oxygen atoms in total. The molecule has 2 N–H and O–H groups in total. The number of nitrogens with zero attached hydrogens (tertiary/aromatic N) is 1. The molecule has 0 radical (unpaired) electrons. The fourth-order valence-corrected chi connectivity index (χ4v) is 2.95. The van der Waals surface area contributed by atoms with Crippen LogP contribution in [0, 0.1) is 0 Å². The second-order valence-corrected chi connectivity index (χ2v) is 6.32. The number of anilines is 1. The lowest BCUT2D eigenvalue weighted by Gasteiger charge is -2.28. The molecule has 2 amide bonds. The summed E-state index contributed by atoms with van der Waals surface area (Å²) in [4.78, 5) is 25.5. The zero-order chi connectivity index (χ0) is 17.9. The number of hydrogen-bond acceptors (Lipinski definition) is 4. The minimum absolute atomic E-state index is 0.339. The predicted octanol–water partition coefficient (Wildman–Crippen LogP) is 1.49. The Morgan fingerprint density at radius 3 is 2.28 bits per heavy atom. The SMILES string of the molecule is COCCNC(=O)C(=O)NCCCc1ccc(N2CCCCC2)cc1. The zero-order valence-corrected chi connectivity index (χ0v) is 15.1. The highest BCUT2D eigenvalue weighted by atomic mass is 16.5. The van der Waals surface area contributed by atoms with Crippen LogP contribution in [0.15, 0.2) is 24.3 Å². The third kappa shape index (κ3) is 6.74. The molecule has 138 valence electrons. The smallest absolute Gasteiger partial charge is 0.309 e. The van der Waals surface area contributed by atoms with Crippen LogP contribution in [0.5, 0.6) is 0 Å². The van der Waals surface area contributed by atoms with Crippen LogP contribution in [0.3, 0.4) is 0 Å². The summed E-state index contributed by atoms with van der Waals surface area (Å²) >= 11 is 0. The van der Waals surface area contributed by atoms with Crippen molar-refractivity contribution in [3.8, 4) is 0 Å². The van der Waals surface area contributed by atoms with E-state index in [2.05, 4.69) is 39.8 Å². The molecule has 1 aromatic rings. The van der Waals surface area contributed by atoms with E-state index in [4.69, 9.17) is 4.74 Å². The maximum Gasteiger partial charge on any atom is 0.309 e. The molecule has 1 aromatic carbocycles. The summed E-state index contributed by atoms with van der Waals surface area (Å²) in [5, 5.41) is 5.14. The molecule has 2 rings (SSSR count). The number of aryl methyl sites for hydroxylation is 1. The molecule has 25 heavy (non-hydrogen) atoms. The van der Waals surface area contributed by atoms with Crippen LogP contribution in [0.4, 0.5) is 5.69 Å². The third-order valence-electron chi connectivity index (χ3n) is 4.38. The first-order valence-electron chi connectivity index (χ1n) is 9.09. The van der Waals surface area contributed by atoms with Gasteiger partial charge in [0.1, 0.15) is 0 Å². The maximum absolute atomic E-state index is 11.6. The van der Waals surface area contributed by atoms with Crippen molar-refractivity contribution in [1.82, 2.24) is 10.6 Å². The summed E-state index contributed by atoms with van der Waals surface area (Å²) in [6.07, 6.45) is 5.58. The maximum atomic E-state index is 11.6. The van der Waals surface area contributed by atoms with Crippen molar-refractivity contribution in [2.24, 2.45) is 0 Å². The standard InChI is InChI=1S/C19H29N3O3/c1-25-15-12-21-19(24)18(23)20-11-5-6-16-7-9-17(10-8-16)22-13-3-2-4-14-22/h7-10H,2-6,11-15H2,1H3,(H,20,23)(H,21,24). The van der Waals surface area contributed by atoms with Crippen molar-refractivity contribution in [3.05, 3.63) is 29.8 Å². The summed E-state index contributed by atoms with van der Waals surface area (Å²) < 4.78 is 4.82. The van der Waals surface area contributed by atoms with Crippen molar-refractivity contribution in [3.63, 3.8) is 0 Å². The number of rotatable bonds is 8. The Kier molecular flexibility index (Phi) is 8.25. The molecule has 0 saturated carbocycles. The molecule has 1 heterocycles. The number of nitrogens with one attached hydrogen (secondary N) is 2. The molecule has 1 fully saturated rings. The van der Waals surface area contributed by atoms with Crippen LogP contribution in [0.25, 0.3) is 0 Å². The minimum Gasteiger partial charge on any atom is -0.383 e. The summed E-state index contributed by atoms with van der Waals surface area (Å²) in [6, 6.07) is 8.68. The molecule has 0 unspecified atom stereocenters. The van der Waals surface area contributed by atoms with Gasteiger partial charge in [-0.05, 0) is 49.8 Å². The molecule has 0 bridgehead atoms. The van der Waals surface area contributed by atoms with Crippen molar-refractivity contribution in [2.45, 2.75) is 32.1 Å². The fourth-order valence-electron chi connectivity index (χ4n) is 2.95. The van der Waals surface area contributed by atoms with Gasteiger partial charge in [0.25, 0.3) is 0 Å². The van der Waals surface area contributed by atoms with E-state index >= 15 is 0 Å². The highest BCUT2D eigenvalue weighted by Crippen LogP contribution is 2.20. The topological polar surface area (TPSA) is 70.7 Å². The van der Waals surface area contributed by atoms with Crippen LogP contribution in [-0.2, 0) is 20.7 Å². The Morgan fingerprint density at radius 1 is 1.00 bits per heavy atom. The highest BCUT2D eigenvalue weighted by Gasteiger charge is 2.12. The molecule has 0 aliphatic carbocycles. The van der Waals surface area contributed by atoms with Crippen LogP contribution in [0.2, 0.25) is 0 Å². The van der Waals surface area contributed by atoms with Gasteiger partial charge in [0.15, 0.2) is 0 Å². The Morgan fingerprint density at radius 2 is 1.64 bits per heavy atom. The monoisotopic (exact) mass is 347 g/mol. The Bertz CT molecular complexity index is 539. The summed E-state index contributed by atoms with van der Waals surface area (Å²) in [6.45, 7) is 3.53. The quantitative estimate of drug-likeness (QED) is 0.552. The molecule has 0 aromatic heterocycles. The van der Waals surface area contributed by atoms with Gasteiger partial charge in [-0.25, -0.2) is 0 Å². The van der Waals surface area contributed by atoms with Crippen molar-refractivity contribution in [2.75, 3.05) is 44.8 Å². The minimum atomic E-state index is -0.608. The molecule has 1 aliphatic rings. The van der Waals surface area contributed by atoms with E-state index in [0.717, 1.165) is 25.9 Å². The van der Waals surface area contributed by atoms with Crippen LogP contribution in [0.1, 0.15) is 31.2 Å². The molecule has 1 saturated heterocycles. The summed E-state index contributed by atoms with van der Waals surface area (Å²) in [5.74, 6) is -1.19. The molecule has 6 heteroatoms. The molecule has 1 aliphatic heterocycles. The number of carbonyl (C=O) groups excluding carboxylic acids is 2. The van der Waals surface area contributed by atoms with Crippen molar-refractivity contribution >= 4 is 17.5 Å². The summed E-state index contributed by atoms with van der Waals surface area (Å²) in [7, 11) is 1.55.